The van der Waals surface area contributed by atoms with Gasteiger partial charge in [-0.2, -0.15) is 0 Å². The summed E-state index contributed by atoms with van der Waals surface area (Å²) < 4.78 is 0. The Morgan fingerprint density at radius 2 is 1.44 bits per heavy atom. The first-order valence-electron chi connectivity index (χ1n) is 7.12. The maximum Gasteiger partial charge on any atom is -0.000654 e. The maximum atomic E-state index is 4.02. The van der Waals surface area contributed by atoms with Gasteiger partial charge in [0.05, 0.1) is 0 Å². The second-order valence-corrected chi connectivity index (χ2v) is 5.48. The van der Waals surface area contributed by atoms with Crippen molar-refractivity contribution in [2.75, 3.05) is 39.3 Å². The van der Waals surface area contributed by atoms with Crippen molar-refractivity contribution in [3.05, 3.63) is 6.92 Å². The van der Waals surface area contributed by atoms with Gasteiger partial charge in [-0.1, -0.05) is 13.3 Å². The molecule has 0 unspecified atom stereocenters. The molecule has 0 aromatic carbocycles. The van der Waals surface area contributed by atoms with E-state index in [0.717, 1.165) is 12.3 Å². The van der Waals surface area contributed by atoms with Crippen molar-refractivity contribution in [2.45, 2.75) is 38.5 Å². The normalized spacial score (nSPS) is 25.3. The van der Waals surface area contributed by atoms with E-state index in [4.69, 9.17) is 0 Å². The molecular weight excluding hydrogens is 196 g/mol. The Labute approximate surface area is 101 Å². The first kappa shape index (κ1) is 12.4. The summed E-state index contributed by atoms with van der Waals surface area (Å²) in [5, 5.41) is 0. The summed E-state index contributed by atoms with van der Waals surface area (Å²) in [5.41, 5.74) is 0. The van der Waals surface area contributed by atoms with Crippen molar-refractivity contribution in [1.29, 1.82) is 0 Å². The van der Waals surface area contributed by atoms with Gasteiger partial charge >= 0.3 is 0 Å². The topological polar surface area (TPSA) is 6.48 Å². The summed E-state index contributed by atoms with van der Waals surface area (Å²) in [6.07, 6.45) is 8.13. The number of rotatable bonds is 5. The zero-order valence-corrected chi connectivity index (χ0v) is 10.7. The average Bonchev–Trinajstić information content (AvgIpc) is 2.83. The van der Waals surface area contributed by atoms with Crippen LogP contribution >= 0.6 is 0 Å². The van der Waals surface area contributed by atoms with Crippen molar-refractivity contribution in [3.63, 3.8) is 0 Å². The highest BCUT2D eigenvalue weighted by Gasteiger charge is 2.17. The molecule has 0 atom stereocenters. The zero-order valence-electron chi connectivity index (χ0n) is 10.7. The van der Waals surface area contributed by atoms with E-state index in [0.29, 0.717) is 0 Å². The van der Waals surface area contributed by atoms with Crippen LogP contribution in [-0.4, -0.2) is 49.1 Å². The highest BCUT2D eigenvalue weighted by molar-refractivity contribution is 4.73. The van der Waals surface area contributed by atoms with Crippen LogP contribution in [0.2, 0.25) is 0 Å². The molecule has 2 fully saturated rings. The molecule has 2 aliphatic rings. The fourth-order valence-electron chi connectivity index (χ4n) is 3.02. The molecule has 2 rings (SSSR count). The van der Waals surface area contributed by atoms with Crippen LogP contribution in [0.4, 0.5) is 0 Å². The van der Waals surface area contributed by atoms with Crippen molar-refractivity contribution in [3.8, 4) is 0 Å². The highest BCUT2D eigenvalue weighted by atomic mass is 15.2. The average molecular weight is 223 g/mol. The number of hydrogen-bond donors (Lipinski definition) is 0. The molecule has 0 aromatic heterocycles. The summed E-state index contributed by atoms with van der Waals surface area (Å²) >= 11 is 0. The van der Waals surface area contributed by atoms with E-state index in [9.17, 15) is 0 Å². The van der Waals surface area contributed by atoms with Gasteiger partial charge in [-0.3, -0.25) is 0 Å². The minimum atomic E-state index is 0.912. The number of hydrogen-bond acceptors (Lipinski definition) is 2. The van der Waals surface area contributed by atoms with Gasteiger partial charge < -0.3 is 9.80 Å². The fourth-order valence-corrected chi connectivity index (χ4v) is 3.02. The molecule has 16 heavy (non-hydrogen) atoms. The molecule has 0 N–H and O–H groups in total. The predicted molar refractivity (Wildman–Crippen MR) is 69.4 cm³/mol. The molecule has 2 aliphatic heterocycles. The van der Waals surface area contributed by atoms with Crippen LogP contribution in [0.1, 0.15) is 38.5 Å². The maximum absolute atomic E-state index is 4.02. The lowest BCUT2D eigenvalue weighted by Crippen LogP contribution is -2.35. The smallest absolute Gasteiger partial charge is 0.000654 e. The van der Waals surface area contributed by atoms with Gasteiger partial charge in [0.25, 0.3) is 0 Å². The molecule has 0 saturated carbocycles. The first-order chi connectivity index (χ1) is 7.88. The third-order valence-electron chi connectivity index (χ3n) is 4.26. The molecule has 0 aliphatic carbocycles. The molecule has 2 heteroatoms. The Balaban J connectivity index is 1.53. The summed E-state index contributed by atoms with van der Waals surface area (Å²) in [6.45, 7) is 12.0. The van der Waals surface area contributed by atoms with Crippen LogP contribution in [0.5, 0.6) is 0 Å². The van der Waals surface area contributed by atoms with Crippen LogP contribution < -0.4 is 0 Å². The fraction of sp³-hybridized carbons (Fsp3) is 0.929. The molecule has 2 nitrogen and oxygen atoms in total. The van der Waals surface area contributed by atoms with E-state index in [2.05, 4.69) is 16.7 Å². The Kier molecular flexibility index (Phi) is 5.11. The second-order valence-electron chi connectivity index (χ2n) is 5.48. The minimum Gasteiger partial charge on any atom is -0.303 e. The van der Waals surface area contributed by atoms with Crippen molar-refractivity contribution >= 4 is 0 Å². The van der Waals surface area contributed by atoms with E-state index < -0.39 is 0 Å². The third kappa shape index (κ3) is 3.74. The first-order valence-corrected chi connectivity index (χ1v) is 7.12. The lowest BCUT2D eigenvalue weighted by molar-refractivity contribution is 0.175. The summed E-state index contributed by atoms with van der Waals surface area (Å²) in [4.78, 5) is 5.28. The Morgan fingerprint density at radius 3 is 2.00 bits per heavy atom. The molecular formula is C14H27N2. The lowest BCUT2D eigenvalue weighted by atomic mass is 9.94. The molecule has 2 heterocycles. The highest BCUT2D eigenvalue weighted by Crippen LogP contribution is 2.19. The Bertz CT molecular complexity index is 179. The number of nitrogens with zero attached hydrogens (tertiary/aromatic N) is 2. The van der Waals surface area contributed by atoms with Crippen molar-refractivity contribution < 1.29 is 0 Å². The van der Waals surface area contributed by atoms with Crippen LogP contribution in [0.15, 0.2) is 0 Å². The van der Waals surface area contributed by atoms with Gasteiger partial charge in [0.15, 0.2) is 0 Å². The lowest BCUT2D eigenvalue weighted by Gasteiger charge is -2.31. The molecule has 93 valence electrons. The molecule has 0 aromatic rings. The second kappa shape index (κ2) is 6.61. The standard InChI is InChI=1S/C14H27N2/c1-2-14-6-12-16(13-7-14)11-5-10-15-8-3-4-9-15/h14H,1-13H2. The van der Waals surface area contributed by atoms with Crippen molar-refractivity contribution in [2.24, 2.45) is 5.92 Å². The van der Waals surface area contributed by atoms with Crippen molar-refractivity contribution in [1.82, 2.24) is 9.80 Å². The van der Waals surface area contributed by atoms with E-state index >= 15 is 0 Å². The zero-order chi connectivity index (χ0) is 11.2. The summed E-state index contributed by atoms with van der Waals surface area (Å²) in [5.74, 6) is 0.912. The summed E-state index contributed by atoms with van der Waals surface area (Å²) in [7, 11) is 0. The van der Waals surface area contributed by atoms with E-state index in [1.54, 1.807) is 0 Å². The van der Waals surface area contributed by atoms with Gasteiger partial charge in [0.1, 0.15) is 0 Å². The molecule has 0 amide bonds. The van der Waals surface area contributed by atoms with Crippen LogP contribution in [0.3, 0.4) is 0 Å². The van der Waals surface area contributed by atoms with Gasteiger partial charge in [-0.15, -0.1) is 0 Å². The Hall–Kier alpha value is -0.0800. The van der Waals surface area contributed by atoms with Gasteiger partial charge in [-0.05, 0) is 77.3 Å². The molecule has 0 spiro atoms. The number of piperidine rings is 1. The van der Waals surface area contributed by atoms with Gasteiger partial charge in [-0.25, -0.2) is 0 Å². The van der Waals surface area contributed by atoms with Gasteiger partial charge in [0.2, 0.25) is 0 Å². The quantitative estimate of drug-likeness (QED) is 0.706. The van der Waals surface area contributed by atoms with Crippen LogP contribution in [0, 0.1) is 12.8 Å². The van der Waals surface area contributed by atoms with Crippen LogP contribution in [-0.2, 0) is 0 Å². The Morgan fingerprint density at radius 1 is 0.875 bits per heavy atom. The predicted octanol–water partition coefficient (Wildman–Crippen LogP) is 2.41. The van der Waals surface area contributed by atoms with E-state index in [1.165, 1.54) is 71.4 Å². The SMILES string of the molecule is [CH2]CC1CCN(CCCN2CCCC2)CC1. The summed E-state index contributed by atoms with van der Waals surface area (Å²) in [6, 6.07) is 0. The van der Waals surface area contributed by atoms with Crippen LogP contribution in [0.25, 0.3) is 0 Å². The minimum absolute atomic E-state index is 0.912. The third-order valence-corrected chi connectivity index (χ3v) is 4.26. The number of likely N-dealkylation sites (tertiary alicyclic amines) is 2. The van der Waals surface area contributed by atoms with Gasteiger partial charge in [0, 0.05) is 0 Å². The van der Waals surface area contributed by atoms with E-state index in [1.807, 2.05) is 0 Å². The largest absolute Gasteiger partial charge is 0.303 e. The van der Waals surface area contributed by atoms with E-state index in [-0.39, 0.29) is 0 Å². The molecule has 0 bridgehead atoms. The molecule has 2 saturated heterocycles. The molecule has 1 radical (unpaired) electrons. The monoisotopic (exact) mass is 223 g/mol.